The summed E-state index contributed by atoms with van der Waals surface area (Å²) in [6.45, 7) is 7.01. The van der Waals surface area contributed by atoms with Gasteiger partial charge in [0.2, 0.25) is 0 Å². The SMILES string of the molecule is CCCCC(CC)COC(=O)CCCCCCCCCCCCC(C)CC(=O)O. The predicted molar refractivity (Wildman–Crippen MR) is 121 cm³/mol. The van der Waals surface area contributed by atoms with Gasteiger partial charge in [0.1, 0.15) is 0 Å². The number of hydrogen-bond acceptors (Lipinski definition) is 3. The molecule has 172 valence electrons. The highest BCUT2D eigenvalue weighted by atomic mass is 16.5. The number of carboxylic acid groups (broad SMARTS) is 1. The minimum Gasteiger partial charge on any atom is -0.481 e. The van der Waals surface area contributed by atoms with Crippen molar-refractivity contribution in [1.29, 1.82) is 0 Å². The Morgan fingerprint density at radius 1 is 0.793 bits per heavy atom. The van der Waals surface area contributed by atoms with Crippen LogP contribution >= 0.6 is 0 Å². The summed E-state index contributed by atoms with van der Waals surface area (Å²) in [5, 5.41) is 8.74. The van der Waals surface area contributed by atoms with Crippen molar-refractivity contribution in [2.45, 2.75) is 130 Å². The molecule has 0 aliphatic heterocycles. The van der Waals surface area contributed by atoms with E-state index in [-0.39, 0.29) is 5.97 Å². The van der Waals surface area contributed by atoms with E-state index in [0.717, 1.165) is 32.1 Å². The minimum atomic E-state index is -0.679. The summed E-state index contributed by atoms with van der Waals surface area (Å²) in [5.74, 6) is 0.144. The Morgan fingerprint density at radius 2 is 1.34 bits per heavy atom. The molecule has 0 bridgehead atoms. The molecule has 4 heteroatoms. The Hall–Kier alpha value is -1.06. The second-order valence-electron chi connectivity index (χ2n) is 8.88. The van der Waals surface area contributed by atoms with Gasteiger partial charge < -0.3 is 9.84 Å². The van der Waals surface area contributed by atoms with E-state index >= 15 is 0 Å². The van der Waals surface area contributed by atoms with Crippen molar-refractivity contribution >= 4 is 11.9 Å². The Labute approximate surface area is 180 Å². The molecule has 0 radical (unpaired) electrons. The first-order valence-electron chi connectivity index (χ1n) is 12.4. The number of carbonyl (C=O) groups excluding carboxylic acids is 1. The molecule has 0 amide bonds. The number of ether oxygens (including phenoxy) is 1. The second-order valence-corrected chi connectivity index (χ2v) is 8.88. The van der Waals surface area contributed by atoms with Crippen LogP contribution in [0.4, 0.5) is 0 Å². The first-order valence-corrected chi connectivity index (χ1v) is 12.4. The van der Waals surface area contributed by atoms with E-state index in [1.54, 1.807) is 0 Å². The lowest BCUT2D eigenvalue weighted by Gasteiger charge is -2.14. The Kier molecular flexibility index (Phi) is 19.5. The molecule has 0 rings (SSSR count). The van der Waals surface area contributed by atoms with E-state index in [4.69, 9.17) is 9.84 Å². The summed E-state index contributed by atoms with van der Waals surface area (Å²) in [7, 11) is 0. The van der Waals surface area contributed by atoms with Crippen molar-refractivity contribution in [2.75, 3.05) is 6.61 Å². The number of carbonyl (C=O) groups is 2. The fraction of sp³-hybridized carbons (Fsp3) is 0.920. The van der Waals surface area contributed by atoms with Gasteiger partial charge in [0.25, 0.3) is 0 Å². The molecule has 0 aliphatic rings. The van der Waals surface area contributed by atoms with Crippen LogP contribution in [0, 0.1) is 11.8 Å². The minimum absolute atomic E-state index is 0.0161. The third-order valence-corrected chi connectivity index (χ3v) is 5.87. The summed E-state index contributed by atoms with van der Waals surface area (Å²) in [6, 6.07) is 0. The van der Waals surface area contributed by atoms with Crippen LogP contribution in [0.2, 0.25) is 0 Å². The standard InChI is InChI=1S/C25H48O4/c1-4-6-18-23(5-2)21-29-25(28)19-16-14-12-10-8-7-9-11-13-15-17-22(3)20-24(26)27/h22-23H,4-21H2,1-3H3,(H,26,27). The predicted octanol–water partition coefficient (Wildman–Crippen LogP) is 7.54. The Bertz CT molecular complexity index is 394. The monoisotopic (exact) mass is 412 g/mol. The number of hydrogen-bond donors (Lipinski definition) is 1. The van der Waals surface area contributed by atoms with Crippen LogP contribution < -0.4 is 0 Å². The number of carboxylic acids is 1. The zero-order valence-electron chi connectivity index (χ0n) is 19.6. The quantitative estimate of drug-likeness (QED) is 0.156. The lowest BCUT2D eigenvalue weighted by Crippen LogP contribution is -2.13. The average molecular weight is 413 g/mol. The van der Waals surface area contributed by atoms with Gasteiger partial charge in [-0.05, 0) is 24.7 Å². The normalized spacial score (nSPS) is 13.2. The van der Waals surface area contributed by atoms with Crippen LogP contribution in [0.25, 0.3) is 0 Å². The summed E-state index contributed by atoms with van der Waals surface area (Å²) < 4.78 is 5.45. The van der Waals surface area contributed by atoms with E-state index < -0.39 is 5.97 Å². The molecule has 0 aromatic heterocycles. The molecular formula is C25H48O4. The number of aliphatic carboxylic acids is 1. The summed E-state index contributed by atoms with van der Waals surface area (Å²) in [5.41, 5.74) is 0. The molecule has 0 aromatic carbocycles. The fourth-order valence-corrected chi connectivity index (χ4v) is 3.76. The average Bonchev–Trinajstić information content (AvgIpc) is 2.68. The van der Waals surface area contributed by atoms with E-state index in [1.165, 1.54) is 64.2 Å². The van der Waals surface area contributed by atoms with Crippen LogP contribution in [0.15, 0.2) is 0 Å². The van der Waals surface area contributed by atoms with Gasteiger partial charge in [-0.3, -0.25) is 9.59 Å². The highest BCUT2D eigenvalue weighted by molar-refractivity contribution is 5.69. The third kappa shape index (κ3) is 20.0. The van der Waals surface area contributed by atoms with E-state index in [1.807, 2.05) is 6.92 Å². The molecule has 0 heterocycles. The maximum absolute atomic E-state index is 11.8. The van der Waals surface area contributed by atoms with Crippen molar-refractivity contribution in [3.63, 3.8) is 0 Å². The van der Waals surface area contributed by atoms with E-state index in [0.29, 0.717) is 31.3 Å². The third-order valence-electron chi connectivity index (χ3n) is 5.87. The molecule has 2 unspecified atom stereocenters. The van der Waals surface area contributed by atoms with E-state index in [2.05, 4.69) is 13.8 Å². The van der Waals surface area contributed by atoms with Crippen LogP contribution in [-0.2, 0) is 14.3 Å². The van der Waals surface area contributed by atoms with Crippen molar-refractivity contribution in [1.82, 2.24) is 0 Å². The molecule has 4 nitrogen and oxygen atoms in total. The molecular weight excluding hydrogens is 364 g/mol. The van der Waals surface area contributed by atoms with Gasteiger partial charge >= 0.3 is 11.9 Å². The van der Waals surface area contributed by atoms with Gasteiger partial charge in [0.15, 0.2) is 0 Å². The van der Waals surface area contributed by atoms with Crippen molar-refractivity contribution < 1.29 is 19.4 Å². The lowest BCUT2D eigenvalue weighted by atomic mass is 9.99. The van der Waals surface area contributed by atoms with E-state index in [9.17, 15) is 9.59 Å². The zero-order chi connectivity index (χ0) is 21.7. The largest absolute Gasteiger partial charge is 0.481 e. The maximum atomic E-state index is 11.8. The molecule has 1 N–H and O–H groups in total. The molecule has 0 fully saturated rings. The smallest absolute Gasteiger partial charge is 0.305 e. The lowest BCUT2D eigenvalue weighted by molar-refractivity contribution is -0.145. The van der Waals surface area contributed by atoms with Crippen LogP contribution in [0.1, 0.15) is 130 Å². The van der Waals surface area contributed by atoms with Gasteiger partial charge in [-0.25, -0.2) is 0 Å². The summed E-state index contributed by atoms with van der Waals surface area (Å²) in [4.78, 5) is 22.5. The summed E-state index contributed by atoms with van der Waals surface area (Å²) >= 11 is 0. The molecule has 2 atom stereocenters. The number of unbranched alkanes of at least 4 members (excludes halogenated alkanes) is 10. The van der Waals surface area contributed by atoms with Gasteiger partial charge in [-0.2, -0.15) is 0 Å². The second kappa shape index (κ2) is 20.2. The van der Waals surface area contributed by atoms with Crippen LogP contribution in [0.5, 0.6) is 0 Å². The topological polar surface area (TPSA) is 63.6 Å². The molecule has 0 spiro atoms. The Balaban J connectivity index is 3.36. The van der Waals surface area contributed by atoms with Crippen LogP contribution in [-0.4, -0.2) is 23.7 Å². The van der Waals surface area contributed by atoms with Crippen LogP contribution in [0.3, 0.4) is 0 Å². The highest BCUT2D eigenvalue weighted by Crippen LogP contribution is 2.16. The Morgan fingerprint density at radius 3 is 1.86 bits per heavy atom. The van der Waals surface area contributed by atoms with Gasteiger partial charge in [-0.15, -0.1) is 0 Å². The molecule has 0 aliphatic carbocycles. The molecule has 0 saturated carbocycles. The molecule has 0 aromatic rings. The molecule has 0 saturated heterocycles. The van der Waals surface area contributed by atoms with Crippen molar-refractivity contribution in [3.05, 3.63) is 0 Å². The number of esters is 1. The van der Waals surface area contributed by atoms with Gasteiger partial charge in [-0.1, -0.05) is 104 Å². The highest BCUT2D eigenvalue weighted by Gasteiger charge is 2.10. The first kappa shape index (κ1) is 27.9. The fourth-order valence-electron chi connectivity index (χ4n) is 3.76. The summed E-state index contributed by atoms with van der Waals surface area (Å²) in [6.07, 6.45) is 18.7. The molecule has 29 heavy (non-hydrogen) atoms. The van der Waals surface area contributed by atoms with Gasteiger partial charge in [0, 0.05) is 12.8 Å². The number of rotatable bonds is 21. The maximum Gasteiger partial charge on any atom is 0.305 e. The van der Waals surface area contributed by atoms with Crippen molar-refractivity contribution in [3.8, 4) is 0 Å². The van der Waals surface area contributed by atoms with Gasteiger partial charge in [0.05, 0.1) is 6.61 Å². The first-order chi connectivity index (χ1) is 14.0. The van der Waals surface area contributed by atoms with Crippen molar-refractivity contribution in [2.24, 2.45) is 11.8 Å². The zero-order valence-corrected chi connectivity index (χ0v) is 19.6.